The number of allylic oxidation sites excluding steroid dienone is 1. The summed E-state index contributed by atoms with van der Waals surface area (Å²) in [5, 5.41) is 0. The highest BCUT2D eigenvalue weighted by atomic mass is 14.2. The molecular weight excluding hydrogens is 192 g/mol. The van der Waals surface area contributed by atoms with E-state index in [0.717, 1.165) is 11.8 Å². The topological polar surface area (TPSA) is 0 Å². The molecule has 0 nitrogen and oxygen atoms in total. The van der Waals surface area contributed by atoms with E-state index in [1.54, 1.807) is 0 Å². The molecule has 0 amide bonds. The summed E-state index contributed by atoms with van der Waals surface area (Å²) in [6.07, 6.45) is 8.41. The van der Waals surface area contributed by atoms with Crippen LogP contribution in [0.3, 0.4) is 0 Å². The Hall–Kier alpha value is -0.260. The molecule has 96 valence electrons. The summed E-state index contributed by atoms with van der Waals surface area (Å²) in [4.78, 5) is 0. The minimum Gasteiger partial charge on any atom is -0.0993 e. The molecule has 0 spiro atoms. The maximum absolute atomic E-state index is 4.18. The predicted octanol–water partition coefficient (Wildman–Crippen LogP) is 5.83. The van der Waals surface area contributed by atoms with Crippen molar-refractivity contribution >= 4 is 0 Å². The van der Waals surface area contributed by atoms with Crippen LogP contribution in [0.1, 0.15) is 73.1 Å². The fraction of sp³-hybridized carbons (Fsp3) is 0.875. The zero-order valence-corrected chi connectivity index (χ0v) is 12.2. The normalized spacial score (nSPS) is 17.2. The molecule has 16 heavy (non-hydrogen) atoms. The van der Waals surface area contributed by atoms with Crippen molar-refractivity contribution in [1.29, 1.82) is 0 Å². The van der Waals surface area contributed by atoms with Gasteiger partial charge in [0.2, 0.25) is 0 Å². The van der Waals surface area contributed by atoms with Gasteiger partial charge < -0.3 is 0 Å². The molecule has 0 aromatic rings. The van der Waals surface area contributed by atoms with Crippen LogP contribution < -0.4 is 0 Å². The first-order chi connectivity index (χ1) is 7.49. The number of rotatable bonds is 3. The van der Waals surface area contributed by atoms with Crippen LogP contribution in [0.4, 0.5) is 0 Å². The van der Waals surface area contributed by atoms with E-state index in [1.807, 2.05) is 0 Å². The van der Waals surface area contributed by atoms with Crippen LogP contribution in [0.5, 0.6) is 0 Å². The standard InChI is InChI=1S/C11H20.C5H12/c1-9(2)10(3)11-7-5-4-6-8-11;1-4-5(2)3/h9,11H,3-8H2,1-2H3;5H,4H2,1-3H3. The van der Waals surface area contributed by atoms with Crippen LogP contribution in [0.25, 0.3) is 0 Å². The van der Waals surface area contributed by atoms with Crippen LogP contribution >= 0.6 is 0 Å². The van der Waals surface area contributed by atoms with Crippen molar-refractivity contribution in [1.82, 2.24) is 0 Å². The van der Waals surface area contributed by atoms with Gasteiger partial charge >= 0.3 is 0 Å². The summed E-state index contributed by atoms with van der Waals surface area (Å²) in [6, 6.07) is 0. The van der Waals surface area contributed by atoms with Crippen molar-refractivity contribution < 1.29 is 0 Å². The Balaban J connectivity index is 0.000000385. The summed E-state index contributed by atoms with van der Waals surface area (Å²) in [7, 11) is 0. The van der Waals surface area contributed by atoms with E-state index < -0.39 is 0 Å². The van der Waals surface area contributed by atoms with Crippen molar-refractivity contribution in [2.45, 2.75) is 73.1 Å². The van der Waals surface area contributed by atoms with Gasteiger partial charge in [-0.15, -0.1) is 0 Å². The van der Waals surface area contributed by atoms with Gasteiger partial charge in [-0.1, -0.05) is 72.5 Å². The van der Waals surface area contributed by atoms with Gasteiger partial charge in [-0.25, -0.2) is 0 Å². The van der Waals surface area contributed by atoms with Gasteiger partial charge in [0.15, 0.2) is 0 Å². The van der Waals surface area contributed by atoms with Crippen molar-refractivity contribution in [2.75, 3.05) is 0 Å². The summed E-state index contributed by atoms with van der Waals surface area (Å²) in [6.45, 7) is 15.3. The monoisotopic (exact) mass is 224 g/mol. The second-order valence-corrected chi connectivity index (χ2v) is 5.87. The molecule has 0 N–H and O–H groups in total. The molecule has 1 aliphatic carbocycles. The Morgan fingerprint density at radius 3 is 1.81 bits per heavy atom. The van der Waals surface area contributed by atoms with Crippen LogP contribution in [-0.2, 0) is 0 Å². The molecule has 0 radical (unpaired) electrons. The van der Waals surface area contributed by atoms with E-state index in [2.05, 4.69) is 41.2 Å². The van der Waals surface area contributed by atoms with Crippen LogP contribution in [0.15, 0.2) is 12.2 Å². The Labute approximate surface area is 104 Å². The van der Waals surface area contributed by atoms with Gasteiger partial charge in [0, 0.05) is 0 Å². The smallest absolute Gasteiger partial charge is 0.0203 e. The summed E-state index contributed by atoms with van der Waals surface area (Å²) < 4.78 is 0. The summed E-state index contributed by atoms with van der Waals surface area (Å²) in [5.41, 5.74) is 1.49. The first-order valence-corrected chi connectivity index (χ1v) is 7.17. The average molecular weight is 224 g/mol. The first-order valence-electron chi connectivity index (χ1n) is 7.17. The highest BCUT2D eigenvalue weighted by Crippen LogP contribution is 2.31. The summed E-state index contributed by atoms with van der Waals surface area (Å²) >= 11 is 0. The second kappa shape index (κ2) is 8.84. The molecule has 0 aliphatic heterocycles. The largest absolute Gasteiger partial charge is 0.0993 e. The zero-order chi connectivity index (χ0) is 12.6. The lowest BCUT2D eigenvalue weighted by molar-refractivity contribution is 0.382. The van der Waals surface area contributed by atoms with Crippen LogP contribution in [0.2, 0.25) is 0 Å². The van der Waals surface area contributed by atoms with Crippen molar-refractivity contribution in [3.05, 3.63) is 12.2 Å². The maximum atomic E-state index is 4.18. The maximum Gasteiger partial charge on any atom is -0.0203 e. The third-order valence-corrected chi connectivity index (χ3v) is 3.69. The lowest BCUT2D eigenvalue weighted by Gasteiger charge is -2.25. The molecule has 0 aromatic heterocycles. The SMILES string of the molecule is C=C(C(C)C)C1CCCCC1.CCC(C)C. The van der Waals surface area contributed by atoms with Gasteiger partial charge in [0.1, 0.15) is 0 Å². The lowest BCUT2D eigenvalue weighted by atomic mass is 9.80. The lowest BCUT2D eigenvalue weighted by Crippen LogP contribution is -2.11. The van der Waals surface area contributed by atoms with E-state index in [9.17, 15) is 0 Å². The van der Waals surface area contributed by atoms with Gasteiger partial charge in [-0.2, -0.15) is 0 Å². The predicted molar refractivity (Wildman–Crippen MR) is 75.7 cm³/mol. The number of hydrogen-bond acceptors (Lipinski definition) is 0. The Morgan fingerprint density at radius 1 is 1.06 bits per heavy atom. The molecule has 0 heteroatoms. The molecule has 1 saturated carbocycles. The molecule has 0 heterocycles. The fourth-order valence-electron chi connectivity index (χ4n) is 1.94. The number of hydrogen-bond donors (Lipinski definition) is 0. The van der Waals surface area contributed by atoms with Crippen LogP contribution in [0, 0.1) is 17.8 Å². The highest BCUT2D eigenvalue weighted by molar-refractivity contribution is 5.04. The third-order valence-electron chi connectivity index (χ3n) is 3.69. The van der Waals surface area contributed by atoms with Gasteiger partial charge in [-0.05, 0) is 30.6 Å². The minimum absolute atomic E-state index is 0.693. The van der Waals surface area contributed by atoms with E-state index >= 15 is 0 Å². The van der Waals surface area contributed by atoms with Crippen molar-refractivity contribution in [3.63, 3.8) is 0 Å². The Kier molecular flexibility index (Phi) is 8.70. The van der Waals surface area contributed by atoms with Gasteiger partial charge in [-0.3, -0.25) is 0 Å². The summed E-state index contributed by atoms with van der Waals surface area (Å²) in [5.74, 6) is 2.43. The third kappa shape index (κ3) is 7.09. The molecule has 0 unspecified atom stereocenters. The van der Waals surface area contributed by atoms with Crippen molar-refractivity contribution in [2.24, 2.45) is 17.8 Å². The molecule has 0 atom stereocenters. The fourth-order valence-corrected chi connectivity index (χ4v) is 1.94. The minimum atomic E-state index is 0.693. The van der Waals surface area contributed by atoms with E-state index in [-0.39, 0.29) is 0 Å². The molecule has 0 aromatic carbocycles. The Bertz CT molecular complexity index is 170. The average Bonchev–Trinajstić information content (AvgIpc) is 2.29. The molecule has 0 bridgehead atoms. The first kappa shape index (κ1) is 15.7. The quantitative estimate of drug-likeness (QED) is 0.529. The Morgan fingerprint density at radius 2 is 1.50 bits per heavy atom. The van der Waals surface area contributed by atoms with Gasteiger partial charge in [0.05, 0.1) is 0 Å². The van der Waals surface area contributed by atoms with Crippen LogP contribution in [-0.4, -0.2) is 0 Å². The molecule has 0 saturated heterocycles. The second-order valence-electron chi connectivity index (χ2n) is 5.87. The molecule has 1 fully saturated rings. The highest BCUT2D eigenvalue weighted by Gasteiger charge is 2.17. The van der Waals surface area contributed by atoms with E-state index in [1.165, 1.54) is 44.1 Å². The van der Waals surface area contributed by atoms with E-state index in [4.69, 9.17) is 0 Å². The zero-order valence-electron chi connectivity index (χ0n) is 12.2. The molecular formula is C16H32. The molecule has 1 rings (SSSR count). The van der Waals surface area contributed by atoms with E-state index in [0.29, 0.717) is 5.92 Å². The molecule has 1 aliphatic rings. The van der Waals surface area contributed by atoms with Gasteiger partial charge in [0.25, 0.3) is 0 Å². The van der Waals surface area contributed by atoms with Crippen molar-refractivity contribution in [3.8, 4) is 0 Å².